The van der Waals surface area contributed by atoms with Gasteiger partial charge in [0.2, 0.25) is 5.91 Å². The number of amides is 2. The highest BCUT2D eigenvalue weighted by molar-refractivity contribution is 7.09. The summed E-state index contributed by atoms with van der Waals surface area (Å²) in [6.07, 6.45) is 4.95. The highest BCUT2D eigenvalue weighted by Crippen LogP contribution is 2.48. The first-order valence-corrected chi connectivity index (χ1v) is 11.6. The number of carbonyl (C=O) groups is 2. The molecule has 29 heavy (non-hydrogen) atoms. The van der Waals surface area contributed by atoms with Crippen LogP contribution >= 0.6 is 11.3 Å². The summed E-state index contributed by atoms with van der Waals surface area (Å²) in [6, 6.07) is 10.3. The van der Waals surface area contributed by atoms with Gasteiger partial charge in [0.25, 0.3) is 5.91 Å². The zero-order valence-electron chi connectivity index (χ0n) is 17.4. The van der Waals surface area contributed by atoms with Crippen LogP contribution in [0.1, 0.15) is 72.9 Å². The van der Waals surface area contributed by atoms with Gasteiger partial charge in [-0.3, -0.25) is 9.59 Å². The van der Waals surface area contributed by atoms with E-state index in [9.17, 15) is 9.59 Å². The van der Waals surface area contributed by atoms with Gasteiger partial charge in [-0.1, -0.05) is 57.0 Å². The molecule has 2 atom stereocenters. The predicted octanol–water partition coefficient (Wildman–Crippen LogP) is 4.61. The maximum atomic E-state index is 13.1. The molecule has 0 saturated heterocycles. The summed E-state index contributed by atoms with van der Waals surface area (Å²) in [5.41, 5.74) is 1.71. The molecule has 0 spiro atoms. The van der Waals surface area contributed by atoms with Crippen LogP contribution in [0.25, 0.3) is 0 Å². The molecule has 1 saturated carbocycles. The Morgan fingerprint density at radius 2 is 1.93 bits per heavy atom. The minimum atomic E-state index is -0.126. The first kappa shape index (κ1) is 21.5. The molecule has 0 unspecified atom stereocenters. The van der Waals surface area contributed by atoms with Gasteiger partial charge in [0, 0.05) is 24.4 Å². The third-order valence-corrected chi connectivity index (χ3v) is 6.19. The zero-order valence-corrected chi connectivity index (χ0v) is 18.2. The van der Waals surface area contributed by atoms with E-state index in [0.29, 0.717) is 24.7 Å². The Morgan fingerprint density at radius 1 is 1.17 bits per heavy atom. The monoisotopic (exact) mass is 413 g/mol. The molecule has 1 aromatic carbocycles. The van der Waals surface area contributed by atoms with Gasteiger partial charge in [0.05, 0.1) is 6.54 Å². The molecule has 1 N–H and O–H groups in total. The van der Waals surface area contributed by atoms with E-state index in [2.05, 4.69) is 36.3 Å². The third-order valence-electron chi connectivity index (χ3n) is 5.36. The van der Waals surface area contributed by atoms with Crippen molar-refractivity contribution in [3.63, 3.8) is 0 Å². The highest BCUT2D eigenvalue weighted by Gasteiger charge is 2.45. The Morgan fingerprint density at radius 3 is 2.66 bits per heavy atom. The smallest absolute Gasteiger partial charge is 0.270 e. The molecular weight excluding hydrogens is 382 g/mol. The standard InChI is InChI=1S/C23H31N3O2S/c1-3-5-12-24-22(27)20-16-29-21(25-20)15-26(13-6-4-2)23(28)19-14-18(19)17-10-8-7-9-11-17/h7-11,16,18-19H,3-6,12-15H2,1-2H3,(H,24,27)/t18-,19+/m0/s1. The van der Waals surface area contributed by atoms with E-state index in [1.54, 1.807) is 5.38 Å². The topological polar surface area (TPSA) is 62.3 Å². The van der Waals surface area contributed by atoms with Crippen molar-refractivity contribution in [2.24, 2.45) is 5.92 Å². The third kappa shape index (κ3) is 5.89. The minimum Gasteiger partial charge on any atom is -0.351 e. The molecule has 5 nitrogen and oxygen atoms in total. The fourth-order valence-electron chi connectivity index (χ4n) is 3.51. The molecule has 3 rings (SSSR count). The van der Waals surface area contributed by atoms with Crippen LogP contribution in [0.4, 0.5) is 0 Å². The molecule has 0 bridgehead atoms. The number of unbranched alkanes of at least 4 members (excludes halogenated alkanes) is 2. The fourth-order valence-corrected chi connectivity index (χ4v) is 4.30. The highest BCUT2D eigenvalue weighted by atomic mass is 32.1. The van der Waals surface area contributed by atoms with Gasteiger partial charge in [-0.15, -0.1) is 11.3 Å². The van der Waals surface area contributed by atoms with Crippen LogP contribution in [0.15, 0.2) is 35.7 Å². The summed E-state index contributed by atoms with van der Waals surface area (Å²) in [7, 11) is 0. The van der Waals surface area contributed by atoms with Crippen LogP contribution in [-0.2, 0) is 11.3 Å². The Bertz CT molecular complexity index is 805. The van der Waals surface area contributed by atoms with Gasteiger partial charge in [-0.2, -0.15) is 0 Å². The Labute approximate surface area is 177 Å². The molecular formula is C23H31N3O2S. The van der Waals surface area contributed by atoms with E-state index in [0.717, 1.165) is 43.7 Å². The Balaban J connectivity index is 1.61. The molecule has 6 heteroatoms. The molecule has 0 radical (unpaired) electrons. The number of nitrogens with zero attached hydrogens (tertiary/aromatic N) is 2. The summed E-state index contributed by atoms with van der Waals surface area (Å²) in [6.45, 7) is 6.13. The number of hydrogen-bond acceptors (Lipinski definition) is 4. The van der Waals surface area contributed by atoms with Crippen LogP contribution < -0.4 is 5.32 Å². The average molecular weight is 414 g/mol. The number of nitrogens with one attached hydrogen (secondary N) is 1. The number of rotatable bonds is 11. The molecule has 1 aliphatic rings. The van der Waals surface area contributed by atoms with E-state index in [1.807, 2.05) is 23.1 Å². The number of benzene rings is 1. The summed E-state index contributed by atoms with van der Waals surface area (Å²) in [4.78, 5) is 31.8. The molecule has 2 amide bonds. The zero-order chi connectivity index (χ0) is 20.6. The maximum absolute atomic E-state index is 13.1. The first-order chi connectivity index (χ1) is 14.1. The van der Waals surface area contributed by atoms with E-state index < -0.39 is 0 Å². The van der Waals surface area contributed by atoms with Gasteiger partial charge in [-0.25, -0.2) is 4.98 Å². The lowest BCUT2D eigenvalue weighted by Crippen LogP contribution is -2.33. The summed E-state index contributed by atoms with van der Waals surface area (Å²) < 4.78 is 0. The van der Waals surface area contributed by atoms with Crippen molar-refractivity contribution in [2.75, 3.05) is 13.1 Å². The van der Waals surface area contributed by atoms with Gasteiger partial charge in [-0.05, 0) is 30.7 Å². The minimum absolute atomic E-state index is 0.0750. The van der Waals surface area contributed by atoms with Crippen molar-refractivity contribution >= 4 is 23.2 Å². The van der Waals surface area contributed by atoms with Gasteiger partial charge in [0.1, 0.15) is 10.7 Å². The van der Waals surface area contributed by atoms with Gasteiger partial charge in [0.15, 0.2) is 0 Å². The molecule has 1 aromatic heterocycles. The molecule has 2 aromatic rings. The Hall–Kier alpha value is -2.21. The number of aromatic nitrogens is 1. The van der Waals surface area contributed by atoms with Crippen LogP contribution in [0.3, 0.4) is 0 Å². The number of carbonyl (C=O) groups excluding carboxylic acids is 2. The van der Waals surface area contributed by atoms with Gasteiger partial charge >= 0.3 is 0 Å². The normalized spacial score (nSPS) is 17.7. The largest absolute Gasteiger partial charge is 0.351 e. The Kier molecular flexibility index (Phi) is 7.81. The molecule has 1 fully saturated rings. The first-order valence-electron chi connectivity index (χ1n) is 10.7. The summed E-state index contributed by atoms with van der Waals surface area (Å²) in [5, 5.41) is 5.52. The fraction of sp³-hybridized carbons (Fsp3) is 0.522. The van der Waals surface area contributed by atoms with E-state index in [1.165, 1.54) is 16.9 Å². The quantitative estimate of drug-likeness (QED) is 0.548. The van der Waals surface area contributed by atoms with E-state index in [4.69, 9.17) is 0 Å². The van der Waals surface area contributed by atoms with Crippen molar-refractivity contribution in [3.05, 3.63) is 52.0 Å². The van der Waals surface area contributed by atoms with E-state index in [-0.39, 0.29) is 17.7 Å². The predicted molar refractivity (Wildman–Crippen MR) is 117 cm³/mol. The lowest BCUT2D eigenvalue weighted by atomic mass is 10.1. The van der Waals surface area contributed by atoms with Crippen LogP contribution in [0.2, 0.25) is 0 Å². The van der Waals surface area contributed by atoms with Crippen molar-refractivity contribution in [1.82, 2.24) is 15.2 Å². The SMILES string of the molecule is CCCCNC(=O)c1csc(CN(CCCC)C(=O)[C@@H]2C[C@H]2c2ccccc2)n1. The second-order valence-corrected chi connectivity index (χ2v) is 8.65. The lowest BCUT2D eigenvalue weighted by molar-refractivity contribution is -0.133. The second-order valence-electron chi connectivity index (χ2n) is 7.71. The second kappa shape index (κ2) is 10.5. The summed E-state index contributed by atoms with van der Waals surface area (Å²) in [5.74, 6) is 0.505. The van der Waals surface area contributed by atoms with Crippen molar-refractivity contribution in [1.29, 1.82) is 0 Å². The van der Waals surface area contributed by atoms with Gasteiger partial charge < -0.3 is 10.2 Å². The van der Waals surface area contributed by atoms with Crippen LogP contribution in [0, 0.1) is 5.92 Å². The van der Waals surface area contributed by atoms with Crippen LogP contribution in [0.5, 0.6) is 0 Å². The molecule has 156 valence electrons. The maximum Gasteiger partial charge on any atom is 0.270 e. The number of hydrogen-bond donors (Lipinski definition) is 1. The summed E-state index contributed by atoms with van der Waals surface area (Å²) >= 11 is 1.46. The lowest BCUT2D eigenvalue weighted by Gasteiger charge is -2.21. The average Bonchev–Trinajstić information content (AvgIpc) is 3.41. The van der Waals surface area contributed by atoms with Crippen molar-refractivity contribution in [2.45, 2.75) is 58.4 Å². The molecule has 1 heterocycles. The molecule has 1 aliphatic carbocycles. The van der Waals surface area contributed by atoms with Crippen molar-refractivity contribution in [3.8, 4) is 0 Å². The molecule has 0 aliphatic heterocycles. The van der Waals surface area contributed by atoms with Crippen LogP contribution in [-0.4, -0.2) is 34.8 Å². The number of thiazole rings is 1. The van der Waals surface area contributed by atoms with Crippen molar-refractivity contribution < 1.29 is 9.59 Å². The van der Waals surface area contributed by atoms with E-state index >= 15 is 0 Å².